The third-order valence-corrected chi connectivity index (χ3v) is 2.17. The number of rotatable bonds is 6. The number of esters is 1. The van der Waals surface area contributed by atoms with Gasteiger partial charge in [0, 0.05) is 6.54 Å². The third-order valence-electron chi connectivity index (χ3n) is 2.17. The molecule has 0 aliphatic heterocycles. The number of ether oxygens (including phenoxy) is 1. The number of carbonyl (C=O) groups is 1. The van der Waals surface area contributed by atoms with Gasteiger partial charge in [0.05, 0.1) is 13.5 Å². The number of nitrogens with one attached hydrogen (secondary N) is 1. The number of hydrogen-bond donors (Lipinski definition) is 1. The van der Waals surface area contributed by atoms with Crippen LogP contribution in [0.5, 0.6) is 0 Å². The van der Waals surface area contributed by atoms with Crippen molar-refractivity contribution in [3.8, 4) is 0 Å². The Hall–Kier alpha value is -1.35. The first-order chi connectivity index (χ1) is 7.33. The minimum atomic E-state index is -0.165. The van der Waals surface area contributed by atoms with Crippen LogP contribution in [0.1, 0.15) is 12.0 Å². The second-order valence-electron chi connectivity index (χ2n) is 3.31. The van der Waals surface area contributed by atoms with Gasteiger partial charge in [-0.15, -0.1) is 0 Å². The van der Waals surface area contributed by atoms with E-state index in [4.69, 9.17) is 0 Å². The zero-order valence-corrected chi connectivity index (χ0v) is 9.03. The largest absolute Gasteiger partial charge is 0.469 e. The third kappa shape index (κ3) is 5.18. The lowest BCUT2D eigenvalue weighted by Crippen LogP contribution is -2.21. The predicted molar refractivity (Wildman–Crippen MR) is 59.6 cm³/mol. The van der Waals surface area contributed by atoms with Crippen LogP contribution in [0.3, 0.4) is 0 Å². The van der Waals surface area contributed by atoms with Crippen molar-refractivity contribution in [2.45, 2.75) is 12.8 Å². The number of carbonyl (C=O) groups excluding carboxylic acids is 1. The molecule has 1 N–H and O–H groups in total. The molecule has 82 valence electrons. The fourth-order valence-corrected chi connectivity index (χ4v) is 1.29. The molecule has 0 spiro atoms. The summed E-state index contributed by atoms with van der Waals surface area (Å²) >= 11 is 0. The highest BCUT2D eigenvalue weighted by molar-refractivity contribution is 5.69. The molecule has 0 unspecified atom stereocenters. The summed E-state index contributed by atoms with van der Waals surface area (Å²) in [5.41, 5.74) is 1.31. The monoisotopic (exact) mass is 207 g/mol. The van der Waals surface area contributed by atoms with Crippen molar-refractivity contribution in [2.75, 3.05) is 20.2 Å². The highest BCUT2D eigenvalue weighted by Gasteiger charge is 1.98. The average molecular weight is 207 g/mol. The molecule has 0 saturated carbocycles. The highest BCUT2D eigenvalue weighted by Crippen LogP contribution is 1.97. The maximum absolute atomic E-state index is 10.8. The smallest absolute Gasteiger partial charge is 0.306 e. The standard InChI is InChI=1S/C12H17NO2/c1-15-12(14)8-10-13-9-7-11-5-3-2-4-6-11/h2-6,13H,7-10H2,1H3. The molecule has 0 aliphatic rings. The van der Waals surface area contributed by atoms with Crippen LogP contribution in [0.15, 0.2) is 30.3 Å². The number of methoxy groups -OCH3 is 1. The summed E-state index contributed by atoms with van der Waals surface area (Å²) in [5, 5.41) is 3.20. The summed E-state index contributed by atoms with van der Waals surface area (Å²) in [6.07, 6.45) is 1.42. The Kier molecular flexibility index (Phi) is 5.48. The molecule has 1 rings (SSSR count). The van der Waals surface area contributed by atoms with Crippen LogP contribution >= 0.6 is 0 Å². The lowest BCUT2D eigenvalue weighted by atomic mass is 10.1. The van der Waals surface area contributed by atoms with E-state index in [0.717, 1.165) is 13.0 Å². The molecule has 1 aromatic carbocycles. The summed E-state index contributed by atoms with van der Waals surface area (Å²) < 4.78 is 4.54. The van der Waals surface area contributed by atoms with Gasteiger partial charge in [0.25, 0.3) is 0 Å². The molecule has 0 heterocycles. The summed E-state index contributed by atoms with van der Waals surface area (Å²) in [7, 11) is 1.41. The van der Waals surface area contributed by atoms with Crippen molar-refractivity contribution in [1.29, 1.82) is 0 Å². The van der Waals surface area contributed by atoms with Gasteiger partial charge in [-0.3, -0.25) is 4.79 Å². The molecule has 0 fully saturated rings. The van der Waals surface area contributed by atoms with Crippen LogP contribution < -0.4 is 5.32 Å². The van der Waals surface area contributed by atoms with Crippen LogP contribution in [0.2, 0.25) is 0 Å². The van der Waals surface area contributed by atoms with Gasteiger partial charge >= 0.3 is 5.97 Å². The molecular formula is C12H17NO2. The van der Waals surface area contributed by atoms with Gasteiger partial charge in [0.1, 0.15) is 0 Å². The maximum Gasteiger partial charge on any atom is 0.306 e. The summed E-state index contributed by atoms with van der Waals surface area (Å²) in [6.45, 7) is 1.57. The van der Waals surface area contributed by atoms with Crippen LogP contribution in [0.25, 0.3) is 0 Å². The average Bonchev–Trinajstić information content (AvgIpc) is 2.29. The van der Waals surface area contributed by atoms with Crippen molar-refractivity contribution in [2.24, 2.45) is 0 Å². The van der Waals surface area contributed by atoms with E-state index in [1.165, 1.54) is 12.7 Å². The van der Waals surface area contributed by atoms with E-state index in [2.05, 4.69) is 22.2 Å². The number of benzene rings is 1. The molecule has 3 heteroatoms. The summed E-state index contributed by atoms with van der Waals surface area (Å²) in [5.74, 6) is -0.165. The van der Waals surface area contributed by atoms with E-state index in [9.17, 15) is 4.79 Å². The Balaban J connectivity index is 2.05. The zero-order chi connectivity index (χ0) is 10.9. The van der Waals surface area contributed by atoms with Gasteiger partial charge in [-0.25, -0.2) is 0 Å². The molecule has 3 nitrogen and oxygen atoms in total. The van der Waals surface area contributed by atoms with Gasteiger partial charge < -0.3 is 10.1 Å². The Morgan fingerprint density at radius 3 is 2.67 bits per heavy atom. The minimum Gasteiger partial charge on any atom is -0.469 e. The molecule has 0 amide bonds. The van der Waals surface area contributed by atoms with E-state index in [1.807, 2.05) is 18.2 Å². The maximum atomic E-state index is 10.8. The van der Waals surface area contributed by atoms with Gasteiger partial charge in [0.15, 0.2) is 0 Å². The first kappa shape index (κ1) is 11.7. The Morgan fingerprint density at radius 1 is 1.27 bits per heavy atom. The molecule has 0 saturated heterocycles. The topological polar surface area (TPSA) is 38.3 Å². The molecule has 0 radical (unpaired) electrons. The second kappa shape index (κ2) is 7.01. The predicted octanol–water partition coefficient (Wildman–Crippen LogP) is 1.38. The van der Waals surface area contributed by atoms with Gasteiger partial charge in [0.2, 0.25) is 0 Å². The Bertz CT molecular complexity index is 285. The molecular weight excluding hydrogens is 190 g/mol. The normalized spacial score (nSPS) is 9.93. The van der Waals surface area contributed by atoms with Crippen molar-refractivity contribution in [3.63, 3.8) is 0 Å². The second-order valence-corrected chi connectivity index (χ2v) is 3.31. The first-order valence-electron chi connectivity index (χ1n) is 5.14. The fourth-order valence-electron chi connectivity index (χ4n) is 1.29. The van der Waals surface area contributed by atoms with Crippen molar-refractivity contribution >= 4 is 5.97 Å². The lowest BCUT2D eigenvalue weighted by molar-refractivity contribution is -0.140. The molecule has 0 bridgehead atoms. The molecule has 15 heavy (non-hydrogen) atoms. The van der Waals surface area contributed by atoms with Gasteiger partial charge in [-0.05, 0) is 18.5 Å². The Morgan fingerprint density at radius 2 is 2.00 bits per heavy atom. The Labute approximate surface area is 90.4 Å². The molecule has 0 atom stereocenters. The van der Waals surface area contributed by atoms with E-state index < -0.39 is 0 Å². The van der Waals surface area contributed by atoms with Gasteiger partial charge in [-0.1, -0.05) is 30.3 Å². The van der Waals surface area contributed by atoms with E-state index in [-0.39, 0.29) is 5.97 Å². The van der Waals surface area contributed by atoms with E-state index >= 15 is 0 Å². The SMILES string of the molecule is COC(=O)CCNCCc1ccccc1. The molecule has 0 aliphatic carbocycles. The first-order valence-corrected chi connectivity index (χ1v) is 5.14. The van der Waals surface area contributed by atoms with Crippen molar-refractivity contribution < 1.29 is 9.53 Å². The summed E-state index contributed by atoms with van der Waals surface area (Å²) in [4.78, 5) is 10.8. The van der Waals surface area contributed by atoms with E-state index in [1.54, 1.807) is 0 Å². The minimum absolute atomic E-state index is 0.165. The number of hydrogen-bond acceptors (Lipinski definition) is 3. The quantitative estimate of drug-likeness (QED) is 0.566. The highest BCUT2D eigenvalue weighted by atomic mass is 16.5. The van der Waals surface area contributed by atoms with Crippen LogP contribution in [-0.4, -0.2) is 26.2 Å². The van der Waals surface area contributed by atoms with Crippen LogP contribution in [0, 0.1) is 0 Å². The van der Waals surface area contributed by atoms with Crippen molar-refractivity contribution in [1.82, 2.24) is 5.32 Å². The molecule has 1 aromatic rings. The van der Waals surface area contributed by atoms with Crippen molar-refractivity contribution in [3.05, 3.63) is 35.9 Å². The zero-order valence-electron chi connectivity index (χ0n) is 9.03. The van der Waals surface area contributed by atoms with E-state index in [0.29, 0.717) is 13.0 Å². The summed E-state index contributed by atoms with van der Waals surface area (Å²) in [6, 6.07) is 10.3. The van der Waals surface area contributed by atoms with Gasteiger partial charge in [-0.2, -0.15) is 0 Å². The molecule has 0 aromatic heterocycles. The van der Waals surface area contributed by atoms with Crippen LogP contribution in [-0.2, 0) is 16.0 Å². The lowest BCUT2D eigenvalue weighted by Gasteiger charge is -2.03. The fraction of sp³-hybridized carbons (Fsp3) is 0.417. The van der Waals surface area contributed by atoms with Crippen LogP contribution in [0.4, 0.5) is 0 Å².